The molecule has 0 aliphatic carbocycles. The molecule has 0 spiro atoms. The van der Waals surface area contributed by atoms with Crippen LogP contribution in [-0.4, -0.2) is 23.1 Å². The van der Waals surface area contributed by atoms with Crippen molar-refractivity contribution in [3.8, 4) is 0 Å². The predicted molar refractivity (Wildman–Crippen MR) is 71.4 cm³/mol. The van der Waals surface area contributed by atoms with Crippen molar-refractivity contribution in [3.05, 3.63) is 18.0 Å². The van der Waals surface area contributed by atoms with Crippen LogP contribution in [0, 0.1) is 5.41 Å². The summed E-state index contributed by atoms with van der Waals surface area (Å²) in [5.41, 5.74) is 1.45. The van der Waals surface area contributed by atoms with E-state index in [9.17, 15) is 0 Å². The van der Waals surface area contributed by atoms with Crippen molar-refractivity contribution in [3.63, 3.8) is 0 Å². The van der Waals surface area contributed by atoms with E-state index in [-0.39, 0.29) is 0 Å². The molecule has 2 rings (SSSR count). The van der Waals surface area contributed by atoms with Crippen molar-refractivity contribution < 1.29 is 0 Å². The zero-order valence-corrected chi connectivity index (χ0v) is 11.4. The third-order valence-electron chi connectivity index (χ3n) is 4.07. The quantitative estimate of drug-likeness (QED) is 0.772. The highest BCUT2D eigenvalue weighted by Gasteiger charge is 2.35. The van der Waals surface area contributed by atoms with E-state index >= 15 is 0 Å². The van der Waals surface area contributed by atoms with Gasteiger partial charge in [-0.3, -0.25) is 0 Å². The molecule has 1 saturated heterocycles. The van der Waals surface area contributed by atoms with E-state index < -0.39 is 0 Å². The Labute approximate surface area is 108 Å². The summed E-state index contributed by atoms with van der Waals surface area (Å²) >= 11 is 5.74. The lowest BCUT2D eigenvalue weighted by Gasteiger charge is -2.26. The fourth-order valence-electron chi connectivity index (χ4n) is 2.51. The number of aromatic nitrogens is 2. The number of hydrogen-bond acceptors (Lipinski definition) is 3. The molecule has 0 saturated carbocycles. The summed E-state index contributed by atoms with van der Waals surface area (Å²) in [6.07, 6.45) is 7.38. The minimum atomic E-state index is 0.467. The van der Waals surface area contributed by atoms with Gasteiger partial charge in [-0.1, -0.05) is 13.8 Å². The topological polar surface area (TPSA) is 29.0 Å². The first-order valence-corrected chi connectivity index (χ1v) is 6.88. The number of halogens is 1. The average Bonchev–Trinajstić information content (AvgIpc) is 2.84. The summed E-state index contributed by atoms with van der Waals surface area (Å²) < 4.78 is 0. The molecule has 0 unspecified atom stereocenters. The summed E-state index contributed by atoms with van der Waals surface area (Å²) in [5, 5.41) is 0. The molecule has 0 aromatic carbocycles. The Kier molecular flexibility index (Phi) is 3.87. The fourth-order valence-corrected chi connectivity index (χ4v) is 2.65. The molecular formula is C13H20ClN3. The first-order chi connectivity index (χ1) is 8.23. The average molecular weight is 254 g/mol. The molecule has 1 aromatic heterocycles. The van der Waals surface area contributed by atoms with Gasteiger partial charge in [-0.05, 0) is 24.7 Å². The maximum Gasteiger partial charge on any atom is 0.225 e. The molecule has 0 bridgehead atoms. The zero-order valence-electron chi connectivity index (χ0n) is 10.6. The summed E-state index contributed by atoms with van der Waals surface area (Å²) in [7, 11) is 0. The molecule has 1 aliphatic heterocycles. The lowest BCUT2D eigenvalue weighted by molar-refractivity contribution is 0.301. The molecule has 94 valence electrons. The van der Waals surface area contributed by atoms with E-state index in [1.165, 1.54) is 19.3 Å². The molecule has 0 radical (unpaired) electrons. The van der Waals surface area contributed by atoms with Crippen molar-refractivity contribution >= 4 is 17.5 Å². The molecule has 0 atom stereocenters. The van der Waals surface area contributed by atoms with Crippen LogP contribution < -0.4 is 4.90 Å². The number of anilines is 1. The molecular weight excluding hydrogens is 234 g/mol. The van der Waals surface area contributed by atoms with Gasteiger partial charge in [0.15, 0.2) is 0 Å². The molecule has 3 nitrogen and oxygen atoms in total. The van der Waals surface area contributed by atoms with Crippen LogP contribution in [0.15, 0.2) is 12.4 Å². The van der Waals surface area contributed by atoms with E-state index in [1.54, 1.807) is 0 Å². The largest absolute Gasteiger partial charge is 0.340 e. The maximum absolute atomic E-state index is 5.74. The number of nitrogens with zero attached hydrogens (tertiary/aromatic N) is 3. The van der Waals surface area contributed by atoms with Crippen molar-refractivity contribution in [2.45, 2.75) is 39.0 Å². The second-order valence-corrected chi connectivity index (χ2v) is 5.17. The van der Waals surface area contributed by atoms with Gasteiger partial charge in [-0.2, -0.15) is 0 Å². The minimum Gasteiger partial charge on any atom is -0.340 e. The summed E-state index contributed by atoms with van der Waals surface area (Å²) in [6, 6.07) is 0. The van der Waals surface area contributed by atoms with E-state index in [2.05, 4.69) is 28.7 Å². The molecule has 0 N–H and O–H groups in total. The Balaban J connectivity index is 2.09. The molecule has 0 amide bonds. The highest BCUT2D eigenvalue weighted by molar-refractivity contribution is 6.17. The first-order valence-electron chi connectivity index (χ1n) is 6.35. The molecule has 1 fully saturated rings. The summed E-state index contributed by atoms with van der Waals surface area (Å²) in [5.74, 6) is 1.33. The van der Waals surface area contributed by atoms with Crippen LogP contribution in [0.25, 0.3) is 0 Å². The highest BCUT2D eigenvalue weighted by atomic mass is 35.5. The second-order valence-electron chi connectivity index (χ2n) is 4.90. The monoisotopic (exact) mass is 253 g/mol. The van der Waals surface area contributed by atoms with Gasteiger partial charge in [-0.15, -0.1) is 11.6 Å². The minimum absolute atomic E-state index is 0.467. The van der Waals surface area contributed by atoms with E-state index in [0.717, 1.165) is 24.6 Å². The number of alkyl halides is 1. The number of rotatable bonds is 4. The molecule has 4 heteroatoms. The lowest BCUT2D eigenvalue weighted by atomic mass is 9.82. The van der Waals surface area contributed by atoms with Crippen LogP contribution in [-0.2, 0) is 5.88 Å². The van der Waals surface area contributed by atoms with E-state index in [1.807, 2.05) is 12.4 Å². The van der Waals surface area contributed by atoms with E-state index in [0.29, 0.717) is 11.3 Å². The Morgan fingerprint density at radius 3 is 2.41 bits per heavy atom. The second kappa shape index (κ2) is 5.21. The zero-order chi connectivity index (χ0) is 12.3. The lowest BCUT2D eigenvalue weighted by Crippen LogP contribution is -2.27. The van der Waals surface area contributed by atoms with Gasteiger partial charge in [0.25, 0.3) is 0 Å². The van der Waals surface area contributed by atoms with Crippen LogP contribution in [0.3, 0.4) is 0 Å². The molecule has 1 aromatic rings. The van der Waals surface area contributed by atoms with Gasteiger partial charge in [0.2, 0.25) is 5.95 Å². The summed E-state index contributed by atoms with van der Waals surface area (Å²) in [4.78, 5) is 11.1. The third kappa shape index (κ3) is 2.54. The van der Waals surface area contributed by atoms with Crippen molar-refractivity contribution in [2.75, 3.05) is 18.0 Å². The molecule has 2 heterocycles. The van der Waals surface area contributed by atoms with Crippen LogP contribution in [0.4, 0.5) is 5.95 Å². The van der Waals surface area contributed by atoms with Gasteiger partial charge in [0, 0.05) is 31.0 Å². The van der Waals surface area contributed by atoms with Gasteiger partial charge >= 0.3 is 0 Å². The van der Waals surface area contributed by atoms with Crippen molar-refractivity contribution in [2.24, 2.45) is 5.41 Å². The number of hydrogen-bond donors (Lipinski definition) is 0. The first kappa shape index (κ1) is 12.6. The standard InChI is InChI=1S/C13H20ClN3/c1-3-13(4-2)5-6-17(10-13)12-15-8-11(7-14)9-16-12/h8-9H,3-7,10H2,1-2H3. The normalized spacial score (nSPS) is 18.6. The van der Waals surface area contributed by atoms with Crippen molar-refractivity contribution in [1.82, 2.24) is 9.97 Å². The van der Waals surface area contributed by atoms with Crippen LogP contribution in [0.5, 0.6) is 0 Å². The Morgan fingerprint density at radius 1 is 1.29 bits per heavy atom. The highest BCUT2D eigenvalue weighted by Crippen LogP contribution is 2.37. The predicted octanol–water partition coefficient (Wildman–Crippen LogP) is 3.23. The van der Waals surface area contributed by atoms with Crippen molar-refractivity contribution in [1.29, 1.82) is 0 Å². The van der Waals surface area contributed by atoms with Gasteiger partial charge in [-0.25, -0.2) is 9.97 Å². The Morgan fingerprint density at radius 2 is 1.94 bits per heavy atom. The smallest absolute Gasteiger partial charge is 0.225 e. The fraction of sp³-hybridized carbons (Fsp3) is 0.692. The van der Waals surface area contributed by atoms with Crippen LogP contribution in [0.1, 0.15) is 38.7 Å². The third-order valence-corrected chi connectivity index (χ3v) is 4.38. The van der Waals surface area contributed by atoms with Gasteiger partial charge in [0.05, 0.1) is 5.88 Å². The van der Waals surface area contributed by atoms with Gasteiger partial charge < -0.3 is 4.90 Å². The van der Waals surface area contributed by atoms with Crippen LogP contribution >= 0.6 is 11.6 Å². The van der Waals surface area contributed by atoms with Gasteiger partial charge in [0.1, 0.15) is 0 Å². The summed E-state index contributed by atoms with van der Waals surface area (Å²) in [6.45, 7) is 6.72. The SMILES string of the molecule is CCC1(CC)CCN(c2ncc(CCl)cn2)C1. The van der Waals surface area contributed by atoms with E-state index in [4.69, 9.17) is 11.6 Å². The Hall–Kier alpha value is -0.830. The Bertz CT molecular complexity index is 359. The molecule has 17 heavy (non-hydrogen) atoms. The maximum atomic E-state index is 5.74. The molecule has 1 aliphatic rings. The van der Waals surface area contributed by atoms with Crippen LogP contribution in [0.2, 0.25) is 0 Å².